The minimum atomic E-state index is -0.330. The molecular formula is C15H8N2O3S. The summed E-state index contributed by atoms with van der Waals surface area (Å²) in [5.74, 6) is -0.659. The van der Waals surface area contributed by atoms with Crippen molar-refractivity contribution in [2.24, 2.45) is 0 Å². The van der Waals surface area contributed by atoms with E-state index in [2.05, 4.69) is 4.98 Å². The number of hydrogen-bond acceptors (Lipinski definition) is 4. The maximum Gasteiger partial charge on any atom is 0.266 e. The first-order chi connectivity index (χ1) is 10.1. The molecule has 1 aromatic heterocycles. The van der Waals surface area contributed by atoms with E-state index in [1.165, 1.54) is 0 Å². The zero-order valence-corrected chi connectivity index (χ0v) is 11.4. The number of aromatic nitrogens is 1. The fourth-order valence-electron chi connectivity index (χ4n) is 2.50. The fourth-order valence-corrected chi connectivity index (χ4v) is 2.70. The Kier molecular flexibility index (Phi) is 2.37. The van der Waals surface area contributed by atoms with Crippen LogP contribution in [0.15, 0.2) is 46.9 Å². The van der Waals surface area contributed by atoms with E-state index in [-0.39, 0.29) is 16.7 Å². The third-order valence-electron chi connectivity index (χ3n) is 3.46. The van der Waals surface area contributed by atoms with Crippen molar-refractivity contribution in [1.29, 1.82) is 0 Å². The summed E-state index contributed by atoms with van der Waals surface area (Å²) >= 11 is 4.92. The minimum Gasteiger partial charge on any atom is -0.429 e. The topological polar surface area (TPSA) is 66.3 Å². The van der Waals surface area contributed by atoms with Gasteiger partial charge in [-0.05, 0) is 36.5 Å². The van der Waals surface area contributed by atoms with Gasteiger partial charge in [0.1, 0.15) is 0 Å². The molecule has 0 saturated carbocycles. The van der Waals surface area contributed by atoms with Gasteiger partial charge in [-0.2, -0.15) is 0 Å². The van der Waals surface area contributed by atoms with Crippen LogP contribution in [-0.2, 0) is 0 Å². The van der Waals surface area contributed by atoms with Crippen LogP contribution in [0.3, 0.4) is 0 Å². The van der Waals surface area contributed by atoms with Crippen LogP contribution in [0.4, 0.5) is 5.69 Å². The van der Waals surface area contributed by atoms with E-state index in [9.17, 15) is 9.59 Å². The van der Waals surface area contributed by atoms with Gasteiger partial charge in [0.05, 0.1) is 22.3 Å². The number of nitrogens with zero attached hydrogens (tertiary/aromatic N) is 1. The molecule has 2 aromatic carbocycles. The number of carbonyl (C=O) groups excluding carboxylic acids is 2. The molecule has 0 fully saturated rings. The highest BCUT2D eigenvalue weighted by Gasteiger charge is 2.36. The highest BCUT2D eigenvalue weighted by Crippen LogP contribution is 2.30. The van der Waals surface area contributed by atoms with Gasteiger partial charge >= 0.3 is 0 Å². The van der Waals surface area contributed by atoms with Crippen molar-refractivity contribution in [2.75, 3.05) is 4.90 Å². The van der Waals surface area contributed by atoms with Gasteiger partial charge in [-0.1, -0.05) is 12.1 Å². The number of H-pyrrole nitrogens is 1. The highest BCUT2D eigenvalue weighted by molar-refractivity contribution is 7.71. The predicted octanol–water partition coefficient (Wildman–Crippen LogP) is 3.29. The SMILES string of the molecule is O=C1c2ccccc2C(=O)N1c1ccc2[nH]c(=S)oc2c1. The smallest absolute Gasteiger partial charge is 0.266 e. The Morgan fingerprint density at radius 3 is 2.33 bits per heavy atom. The van der Waals surface area contributed by atoms with Gasteiger partial charge in [0.2, 0.25) is 0 Å². The van der Waals surface area contributed by atoms with Gasteiger partial charge in [-0.3, -0.25) is 9.59 Å². The number of fused-ring (bicyclic) bond motifs is 2. The summed E-state index contributed by atoms with van der Waals surface area (Å²) in [5.41, 5.74) is 2.52. The summed E-state index contributed by atoms with van der Waals surface area (Å²) in [6, 6.07) is 11.8. The van der Waals surface area contributed by atoms with E-state index in [1.54, 1.807) is 42.5 Å². The summed E-state index contributed by atoms with van der Waals surface area (Å²) in [7, 11) is 0. The molecule has 1 N–H and O–H groups in total. The molecule has 2 amide bonds. The molecule has 2 heterocycles. The highest BCUT2D eigenvalue weighted by atomic mass is 32.1. The fraction of sp³-hybridized carbons (Fsp3) is 0. The Morgan fingerprint density at radius 2 is 1.67 bits per heavy atom. The molecule has 0 radical (unpaired) electrons. The number of carbonyl (C=O) groups is 2. The van der Waals surface area contributed by atoms with Crippen molar-refractivity contribution in [2.45, 2.75) is 0 Å². The van der Waals surface area contributed by atoms with E-state index in [0.717, 1.165) is 10.4 Å². The summed E-state index contributed by atoms with van der Waals surface area (Å²) in [5, 5.41) is 0. The number of hydrogen-bond donors (Lipinski definition) is 1. The average molecular weight is 296 g/mol. The van der Waals surface area contributed by atoms with E-state index >= 15 is 0 Å². The molecular weight excluding hydrogens is 288 g/mol. The van der Waals surface area contributed by atoms with Crippen LogP contribution < -0.4 is 4.90 Å². The standard InChI is InChI=1S/C15H8N2O3S/c18-13-9-3-1-2-4-10(9)14(19)17(13)8-5-6-11-12(7-8)20-15(21)16-11/h1-7H,(H,16,21). The van der Waals surface area contributed by atoms with Gasteiger partial charge in [0.15, 0.2) is 5.58 Å². The van der Waals surface area contributed by atoms with Crippen molar-refractivity contribution >= 4 is 40.8 Å². The van der Waals surface area contributed by atoms with Crippen molar-refractivity contribution < 1.29 is 14.0 Å². The minimum absolute atomic E-state index is 0.254. The summed E-state index contributed by atoms with van der Waals surface area (Å²) in [4.78, 5) is 29.1. The third kappa shape index (κ3) is 1.66. The van der Waals surface area contributed by atoms with Crippen LogP contribution in [-0.4, -0.2) is 16.8 Å². The molecule has 0 spiro atoms. The molecule has 5 nitrogen and oxygen atoms in total. The zero-order valence-electron chi connectivity index (χ0n) is 10.6. The number of imide groups is 1. The van der Waals surface area contributed by atoms with Crippen molar-refractivity contribution in [3.8, 4) is 0 Å². The molecule has 3 aromatic rings. The molecule has 0 aliphatic carbocycles. The first-order valence-electron chi connectivity index (χ1n) is 6.26. The van der Waals surface area contributed by atoms with Gasteiger partial charge in [-0.15, -0.1) is 0 Å². The maximum absolute atomic E-state index is 12.4. The van der Waals surface area contributed by atoms with Crippen molar-refractivity contribution in [1.82, 2.24) is 4.98 Å². The first-order valence-corrected chi connectivity index (χ1v) is 6.67. The Labute approximate surface area is 123 Å². The number of aromatic amines is 1. The molecule has 6 heteroatoms. The predicted molar refractivity (Wildman–Crippen MR) is 79.0 cm³/mol. The van der Waals surface area contributed by atoms with E-state index in [1.807, 2.05) is 0 Å². The number of rotatable bonds is 1. The number of anilines is 1. The quantitative estimate of drug-likeness (QED) is 0.553. The number of amides is 2. The van der Waals surface area contributed by atoms with E-state index in [0.29, 0.717) is 22.4 Å². The lowest BCUT2D eigenvalue weighted by Crippen LogP contribution is -2.29. The lowest BCUT2D eigenvalue weighted by atomic mass is 10.1. The summed E-state index contributed by atoms with van der Waals surface area (Å²) < 4.78 is 5.33. The van der Waals surface area contributed by atoms with Crippen LogP contribution in [0, 0.1) is 4.84 Å². The van der Waals surface area contributed by atoms with Crippen molar-refractivity contribution in [3.63, 3.8) is 0 Å². The number of nitrogens with one attached hydrogen (secondary N) is 1. The average Bonchev–Trinajstić information content (AvgIpc) is 2.97. The Balaban J connectivity index is 1.88. The summed E-state index contributed by atoms with van der Waals surface area (Å²) in [6.07, 6.45) is 0. The van der Waals surface area contributed by atoms with Crippen LogP contribution >= 0.6 is 12.2 Å². The maximum atomic E-state index is 12.4. The first kappa shape index (κ1) is 12.0. The number of benzene rings is 2. The largest absolute Gasteiger partial charge is 0.429 e. The molecule has 1 aliphatic rings. The monoisotopic (exact) mass is 296 g/mol. The molecule has 21 heavy (non-hydrogen) atoms. The van der Waals surface area contributed by atoms with Crippen molar-refractivity contribution in [3.05, 3.63) is 58.4 Å². The second-order valence-electron chi connectivity index (χ2n) is 4.69. The number of oxazole rings is 1. The Bertz CT molecular complexity index is 935. The Hall–Kier alpha value is -2.73. The van der Waals surface area contributed by atoms with E-state index < -0.39 is 0 Å². The van der Waals surface area contributed by atoms with Gasteiger partial charge in [-0.25, -0.2) is 4.90 Å². The van der Waals surface area contributed by atoms with Crippen LogP contribution in [0.1, 0.15) is 20.7 Å². The Morgan fingerprint density at radius 1 is 1.00 bits per heavy atom. The molecule has 1 aliphatic heterocycles. The molecule has 4 rings (SSSR count). The third-order valence-corrected chi connectivity index (χ3v) is 3.64. The van der Waals surface area contributed by atoms with Gasteiger partial charge in [0, 0.05) is 6.07 Å². The molecule has 0 saturated heterocycles. The normalized spacial score (nSPS) is 14.0. The van der Waals surface area contributed by atoms with Crippen LogP contribution in [0.2, 0.25) is 0 Å². The molecule has 0 bridgehead atoms. The van der Waals surface area contributed by atoms with Gasteiger partial charge < -0.3 is 9.40 Å². The molecule has 102 valence electrons. The van der Waals surface area contributed by atoms with Crippen LogP contribution in [0.25, 0.3) is 11.1 Å². The van der Waals surface area contributed by atoms with Gasteiger partial charge in [0.25, 0.3) is 16.7 Å². The summed E-state index contributed by atoms with van der Waals surface area (Å²) in [6.45, 7) is 0. The second-order valence-corrected chi connectivity index (χ2v) is 5.06. The lowest BCUT2D eigenvalue weighted by molar-refractivity contribution is 0.0926. The molecule has 0 unspecified atom stereocenters. The second kappa shape index (κ2) is 4.13. The lowest BCUT2D eigenvalue weighted by Gasteiger charge is -2.13. The van der Waals surface area contributed by atoms with E-state index in [4.69, 9.17) is 16.6 Å². The molecule has 0 atom stereocenters. The van der Waals surface area contributed by atoms with Crippen LogP contribution in [0.5, 0.6) is 0 Å². The zero-order chi connectivity index (χ0) is 14.6.